The lowest BCUT2D eigenvalue weighted by Crippen LogP contribution is -2.14. The molecule has 4 nitrogen and oxygen atoms in total. The van der Waals surface area contributed by atoms with Crippen molar-refractivity contribution < 1.29 is 19.4 Å². The minimum Gasteiger partial charge on any atom is -0.460 e. The van der Waals surface area contributed by atoms with Crippen LogP contribution in [0.4, 0.5) is 0 Å². The van der Waals surface area contributed by atoms with E-state index in [4.69, 9.17) is 14.6 Å². The van der Waals surface area contributed by atoms with E-state index in [9.17, 15) is 4.79 Å². The van der Waals surface area contributed by atoms with E-state index in [0.29, 0.717) is 0 Å². The molecule has 4 heteroatoms. The van der Waals surface area contributed by atoms with Crippen LogP contribution in [0.15, 0.2) is 43.0 Å². The molecule has 1 rings (SSSR count). The van der Waals surface area contributed by atoms with Crippen LogP contribution in [0.5, 0.6) is 0 Å². The highest BCUT2D eigenvalue weighted by molar-refractivity contribution is 5.87. The van der Waals surface area contributed by atoms with Gasteiger partial charge in [-0.3, -0.25) is 0 Å². The number of unbranched alkanes of at least 4 members (excludes halogenated alkanes) is 1. The van der Waals surface area contributed by atoms with Crippen molar-refractivity contribution in [2.45, 2.75) is 52.2 Å². The number of aliphatic hydroxyl groups is 1. The van der Waals surface area contributed by atoms with Gasteiger partial charge in [0.1, 0.15) is 6.61 Å². The van der Waals surface area contributed by atoms with Crippen LogP contribution in [-0.2, 0) is 20.7 Å². The second-order valence-corrected chi connectivity index (χ2v) is 6.36. The quantitative estimate of drug-likeness (QED) is 0.185. The summed E-state index contributed by atoms with van der Waals surface area (Å²) in [5.74, 6) is 0.310. The molecule has 1 aromatic rings. The number of aliphatic hydroxyl groups excluding tert-OH is 1. The number of rotatable bonds is 13. The Balaban J connectivity index is 2.39. The zero-order valence-corrected chi connectivity index (χ0v) is 16.0. The number of esters is 1. The number of hydrogen-bond donors (Lipinski definition) is 1. The second kappa shape index (κ2) is 13.3. The maximum absolute atomic E-state index is 11.6. The molecule has 0 aliphatic heterocycles. The highest BCUT2D eigenvalue weighted by atomic mass is 16.6. The first-order valence-electron chi connectivity index (χ1n) is 9.45. The standard InChI is InChI=1S/C22H32O4/c1-4-7-8-18(5-2)17-20-11-9-19(10-12-20)13-14-22(24)26-16-15-25-21(23)6-3/h6,9-14,18,21,23H,3-5,7-8,15-17H2,1-2H3/b14-13+. The predicted octanol–water partition coefficient (Wildman–Crippen LogP) is 4.52. The Morgan fingerprint density at radius 3 is 2.58 bits per heavy atom. The molecule has 1 N–H and O–H groups in total. The highest BCUT2D eigenvalue weighted by Gasteiger charge is 2.07. The molecule has 0 saturated carbocycles. The largest absolute Gasteiger partial charge is 0.460 e. The molecule has 0 aromatic heterocycles. The van der Waals surface area contributed by atoms with Crippen LogP contribution in [0.3, 0.4) is 0 Å². The van der Waals surface area contributed by atoms with E-state index >= 15 is 0 Å². The molecule has 0 saturated heterocycles. The third-order valence-corrected chi connectivity index (χ3v) is 4.28. The molecule has 0 aliphatic rings. The summed E-state index contributed by atoms with van der Waals surface area (Å²) in [6.45, 7) is 8.08. The number of carbonyl (C=O) groups excluding carboxylic acids is 1. The second-order valence-electron chi connectivity index (χ2n) is 6.36. The predicted molar refractivity (Wildman–Crippen MR) is 106 cm³/mol. The fraction of sp³-hybridized carbons (Fsp3) is 0.500. The minimum atomic E-state index is -1.03. The average Bonchev–Trinajstić information content (AvgIpc) is 2.67. The van der Waals surface area contributed by atoms with Gasteiger partial charge in [0.15, 0.2) is 6.29 Å². The van der Waals surface area contributed by atoms with Crippen molar-refractivity contribution in [3.05, 3.63) is 54.1 Å². The molecule has 0 spiro atoms. The molecule has 0 heterocycles. The smallest absolute Gasteiger partial charge is 0.330 e. The van der Waals surface area contributed by atoms with Crippen molar-refractivity contribution in [1.82, 2.24) is 0 Å². The molecular formula is C22H32O4. The molecule has 144 valence electrons. The van der Waals surface area contributed by atoms with Gasteiger partial charge in [-0.1, -0.05) is 70.4 Å². The van der Waals surface area contributed by atoms with Gasteiger partial charge in [0.25, 0.3) is 0 Å². The number of carbonyl (C=O) groups is 1. The lowest BCUT2D eigenvalue weighted by molar-refractivity contribution is -0.142. The Morgan fingerprint density at radius 2 is 1.96 bits per heavy atom. The van der Waals surface area contributed by atoms with E-state index < -0.39 is 12.3 Å². The van der Waals surface area contributed by atoms with Gasteiger partial charge in [-0.05, 0) is 35.6 Å². The summed E-state index contributed by atoms with van der Waals surface area (Å²) in [7, 11) is 0. The van der Waals surface area contributed by atoms with Gasteiger partial charge in [0.2, 0.25) is 0 Å². The van der Waals surface area contributed by atoms with Crippen molar-refractivity contribution in [1.29, 1.82) is 0 Å². The Morgan fingerprint density at radius 1 is 1.23 bits per heavy atom. The molecule has 26 heavy (non-hydrogen) atoms. The lowest BCUT2D eigenvalue weighted by Gasteiger charge is -2.14. The van der Waals surface area contributed by atoms with Crippen molar-refractivity contribution in [2.24, 2.45) is 5.92 Å². The van der Waals surface area contributed by atoms with Crippen molar-refractivity contribution in [3.63, 3.8) is 0 Å². The van der Waals surface area contributed by atoms with E-state index in [1.807, 2.05) is 12.1 Å². The first kappa shape index (κ1) is 22.1. The summed E-state index contributed by atoms with van der Waals surface area (Å²) in [5.41, 5.74) is 2.30. The van der Waals surface area contributed by atoms with E-state index in [-0.39, 0.29) is 13.2 Å². The Hall–Kier alpha value is -1.91. The van der Waals surface area contributed by atoms with Gasteiger partial charge >= 0.3 is 5.97 Å². The minimum absolute atomic E-state index is 0.0865. The van der Waals surface area contributed by atoms with Crippen LogP contribution < -0.4 is 0 Å². The summed E-state index contributed by atoms with van der Waals surface area (Å²) < 4.78 is 9.91. The fourth-order valence-electron chi connectivity index (χ4n) is 2.63. The molecule has 0 aliphatic carbocycles. The first-order chi connectivity index (χ1) is 12.6. The zero-order valence-electron chi connectivity index (χ0n) is 16.0. The van der Waals surface area contributed by atoms with Crippen molar-refractivity contribution in [2.75, 3.05) is 13.2 Å². The summed E-state index contributed by atoms with van der Waals surface area (Å²) >= 11 is 0. The van der Waals surface area contributed by atoms with E-state index in [1.54, 1.807) is 6.08 Å². The van der Waals surface area contributed by atoms with Gasteiger partial charge in [-0.25, -0.2) is 4.79 Å². The van der Waals surface area contributed by atoms with Gasteiger partial charge in [0.05, 0.1) is 6.61 Å². The normalized spacial score (nSPS) is 13.5. The van der Waals surface area contributed by atoms with Crippen LogP contribution >= 0.6 is 0 Å². The molecule has 1 aromatic carbocycles. The molecule has 0 fully saturated rings. The van der Waals surface area contributed by atoms with Crippen LogP contribution in [0, 0.1) is 5.92 Å². The lowest BCUT2D eigenvalue weighted by atomic mass is 9.92. The Labute approximate surface area is 157 Å². The maximum Gasteiger partial charge on any atom is 0.330 e. The summed E-state index contributed by atoms with van der Waals surface area (Å²) in [6, 6.07) is 8.30. The van der Waals surface area contributed by atoms with Crippen LogP contribution in [0.1, 0.15) is 50.7 Å². The number of ether oxygens (including phenoxy) is 2. The van der Waals surface area contributed by atoms with E-state index in [2.05, 4.69) is 32.6 Å². The highest BCUT2D eigenvalue weighted by Crippen LogP contribution is 2.19. The van der Waals surface area contributed by atoms with Crippen LogP contribution in [0.2, 0.25) is 0 Å². The van der Waals surface area contributed by atoms with Gasteiger partial charge in [0, 0.05) is 6.08 Å². The third kappa shape index (κ3) is 9.54. The van der Waals surface area contributed by atoms with Gasteiger partial charge in [-0.15, -0.1) is 0 Å². The monoisotopic (exact) mass is 360 g/mol. The molecule has 2 atom stereocenters. The van der Waals surface area contributed by atoms with Gasteiger partial charge < -0.3 is 14.6 Å². The SMILES string of the molecule is C=CC(O)OCCOC(=O)/C=C/c1ccc(CC(CC)CCCC)cc1. The van der Waals surface area contributed by atoms with Crippen molar-refractivity contribution >= 4 is 12.0 Å². The van der Waals surface area contributed by atoms with Gasteiger partial charge in [-0.2, -0.15) is 0 Å². The molecule has 0 bridgehead atoms. The number of benzene rings is 1. The van der Waals surface area contributed by atoms with E-state index in [1.165, 1.54) is 43.4 Å². The summed E-state index contributed by atoms with van der Waals surface area (Å²) in [6.07, 6.45) is 9.51. The summed E-state index contributed by atoms with van der Waals surface area (Å²) in [4.78, 5) is 11.6. The van der Waals surface area contributed by atoms with Crippen LogP contribution in [-0.4, -0.2) is 30.6 Å². The maximum atomic E-state index is 11.6. The first-order valence-corrected chi connectivity index (χ1v) is 9.45. The molecule has 0 amide bonds. The average molecular weight is 360 g/mol. The van der Waals surface area contributed by atoms with Crippen LogP contribution in [0.25, 0.3) is 6.08 Å². The van der Waals surface area contributed by atoms with E-state index in [0.717, 1.165) is 17.9 Å². The molecular weight excluding hydrogens is 328 g/mol. The zero-order chi connectivity index (χ0) is 19.2. The Kier molecular flexibility index (Phi) is 11.3. The molecule has 2 unspecified atom stereocenters. The fourth-order valence-corrected chi connectivity index (χ4v) is 2.63. The van der Waals surface area contributed by atoms with Crippen molar-refractivity contribution in [3.8, 4) is 0 Å². The Bertz CT molecular complexity index is 548. The topological polar surface area (TPSA) is 55.8 Å². The summed E-state index contributed by atoms with van der Waals surface area (Å²) in [5, 5.41) is 9.12. The molecule has 0 radical (unpaired) electrons. The number of hydrogen-bond acceptors (Lipinski definition) is 4. The third-order valence-electron chi connectivity index (χ3n) is 4.28.